The summed E-state index contributed by atoms with van der Waals surface area (Å²) in [6.45, 7) is 3.40. The minimum atomic E-state index is -0.0190. The average Bonchev–Trinajstić information content (AvgIpc) is 2.38. The van der Waals surface area contributed by atoms with Crippen LogP contribution in [-0.2, 0) is 11.3 Å². The summed E-state index contributed by atoms with van der Waals surface area (Å²) >= 11 is 0. The molecule has 1 aromatic carbocycles. The third kappa shape index (κ3) is 7.98. The monoisotopic (exact) mass is 390 g/mol. The molecule has 2 N–H and O–H groups in total. The fraction of sp³-hybridized carbons (Fsp3) is 0.429. The Bertz CT molecular complexity index is 420. The summed E-state index contributed by atoms with van der Waals surface area (Å²) in [5.41, 5.74) is 1.17. The highest BCUT2D eigenvalue weighted by Gasteiger charge is 2.01. The number of guanidine groups is 1. The lowest BCUT2D eigenvalue weighted by Gasteiger charge is -2.17. The van der Waals surface area contributed by atoms with Gasteiger partial charge in [0, 0.05) is 34.1 Å². The van der Waals surface area contributed by atoms with E-state index in [0.29, 0.717) is 19.6 Å². The maximum absolute atomic E-state index is 10.8. The lowest BCUT2D eigenvalue weighted by atomic mass is 10.2. The van der Waals surface area contributed by atoms with Gasteiger partial charge in [-0.1, -0.05) is 30.3 Å². The van der Waals surface area contributed by atoms with Crippen LogP contribution in [0.25, 0.3) is 0 Å². The van der Waals surface area contributed by atoms with Gasteiger partial charge in [0.25, 0.3) is 0 Å². The van der Waals surface area contributed by atoms with Gasteiger partial charge in [0.05, 0.1) is 6.54 Å². The zero-order valence-corrected chi connectivity index (χ0v) is 14.5. The number of hydrogen-bond donors (Lipinski definition) is 2. The molecule has 0 aromatic heterocycles. The molecule has 0 spiro atoms. The van der Waals surface area contributed by atoms with Crippen LogP contribution >= 0.6 is 24.0 Å². The minimum absolute atomic E-state index is 0. The van der Waals surface area contributed by atoms with Crippen molar-refractivity contribution in [2.24, 2.45) is 4.99 Å². The van der Waals surface area contributed by atoms with Crippen LogP contribution in [0.1, 0.15) is 12.5 Å². The van der Waals surface area contributed by atoms with Crippen molar-refractivity contribution >= 4 is 35.8 Å². The van der Waals surface area contributed by atoms with Crippen molar-refractivity contribution in [3.05, 3.63) is 35.9 Å². The molecule has 0 aliphatic carbocycles. The van der Waals surface area contributed by atoms with Gasteiger partial charge in [-0.2, -0.15) is 0 Å². The van der Waals surface area contributed by atoms with Gasteiger partial charge in [-0.3, -0.25) is 4.79 Å². The van der Waals surface area contributed by atoms with E-state index >= 15 is 0 Å². The SMILES string of the molecule is CC(=O)NCCNC(=NCc1ccccc1)N(C)C.I. The van der Waals surface area contributed by atoms with E-state index in [-0.39, 0.29) is 29.9 Å². The predicted octanol–water partition coefficient (Wildman–Crippen LogP) is 1.45. The average molecular weight is 390 g/mol. The Balaban J connectivity index is 0.00000361. The van der Waals surface area contributed by atoms with E-state index in [4.69, 9.17) is 0 Å². The highest BCUT2D eigenvalue weighted by Crippen LogP contribution is 2.00. The molecule has 0 saturated heterocycles. The van der Waals surface area contributed by atoms with Crippen LogP contribution in [0.3, 0.4) is 0 Å². The number of carbonyl (C=O) groups excluding carboxylic acids is 1. The van der Waals surface area contributed by atoms with Gasteiger partial charge in [-0.25, -0.2) is 4.99 Å². The van der Waals surface area contributed by atoms with Crippen LogP contribution in [0.15, 0.2) is 35.3 Å². The molecule has 1 rings (SSSR count). The summed E-state index contributed by atoms with van der Waals surface area (Å²) in [5, 5.41) is 5.94. The van der Waals surface area contributed by atoms with Crippen LogP contribution < -0.4 is 10.6 Å². The minimum Gasteiger partial charge on any atom is -0.355 e. The summed E-state index contributed by atoms with van der Waals surface area (Å²) in [6, 6.07) is 10.1. The number of hydrogen-bond acceptors (Lipinski definition) is 2. The Morgan fingerprint density at radius 2 is 1.75 bits per heavy atom. The van der Waals surface area contributed by atoms with Crippen molar-refractivity contribution in [1.29, 1.82) is 0 Å². The number of rotatable bonds is 5. The second kappa shape index (κ2) is 10.5. The standard InChI is InChI=1S/C14H22N4O.HI/c1-12(19)15-9-10-16-14(18(2)3)17-11-13-7-5-4-6-8-13;/h4-8H,9-11H2,1-3H3,(H,15,19)(H,16,17);1H. The highest BCUT2D eigenvalue weighted by molar-refractivity contribution is 14.0. The Labute approximate surface area is 137 Å². The summed E-state index contributed by atoms with van der Waals surface area (Å²) in [6.07, 6.45) is 0. The maximum Gasteiger partial charge on any atom is 0.216 e. The third-order valence-corrected chi connectivity index (χ3v) is 2.46. The van der Waals surface area contributed by atoms with Crippen molar-refractivity contribution in [2.45, 2.75) is 13.5 Å². The molecule has 0 radical (unpaired) electrons. The van der Waals surface area contributed by atoms with Crippen molar-refractivity contribution in [3.8, 4) is 0 Å². The second-order valence-corrected chi connectivity index (χ2v) is 4.43. The topological polar surface area (TPSA) is 56.7 Å². The van der Waals surface area contributed by atoms with Gasteiger partial charge in [0.2, 0.25) is 5.91 Å². The third-order valence-electron chi connectivity index (χ3n) is 2.46. The molecule has 0 aliphatic heterocycles. The van der Waals surface area contributed by atoms with E-state index < -0.39 is 0 Å². The van der Waals surface area contributed by atoms with Gasteiger partial charge in [-0.05, 0) is 5.56 Å². The molecule has 112 valence electrons. The first-order valence-corrected chi connectivity index (χ1v) is 6.33. The van der Waals surface area contributed by atoms with Gasteiger partial charge in [-0.15, -0.1) is 24.0 Å². The van der Waals surface area contributed by atoms with Crippen LogP contribution in [0, 0.1) is 0 Å². The van der Waals surface area contributed by atoms with E-state index in [0.717, 1.165) is 5.96 Å². The number of nitrogens with zero attached hydrogens (tertiary/aromatic N) is 2. The van der Waals surface area contributed by atoms with E-state index in [2.05, 4.69) is 15.6 Å². The number of halogens is 1. The van der Waals surface area contributed by atoms with Crippen molar-refractivity contribution in [3.63, 3.8) is 0 Å². The van der Waals surface area contributed by atoms with Crippen LogP contribution in [0.5, 0.6) is 0 Å². The van der Waals surface area contributed by atoms with Gasteiger partial charge < -0.3 is 15.5 Å². The van der Waals surface area contributed by atoms with Crippen molar-refractivity contribution in [1.82, 2.24) is 15.5 Å². The molecule has 0 bridgehead atoms. The Kier molecular flexibility index (Phi) is 9.79. The molecule has 0 atom stereocenters. The number of nitrogens with one attached hydrogen (secondary N) is 2. The van der Waals surface area contributed by atoms with Crippen LogP contribution in [0.4, 0.5) is 0 Å². The zero-order chi connectivity index (χ0) is 14.1. The van der Waals surface area contributed by atoms with E-state index in [1.165, 1.54) is 12.5 Å². The van der Waals surface area contributed by atoms with E-state index in [1.54, 1.807) is 0 Å². The van der Waals surface area contributed by atoms with Crippen molar-refractivity contribution in [2.75, 3.05) is 27.2 Å². The second-order valence-electron chi connectivity index (χ2n) is 4.43. The first-order chi connectivity index (χ1) is 9.09. The molecule has 1 aromatic rings. The summed E-state index contributed by atoms with van der Waals surface area (Å²) in [5.74, 6) is 0.795. The lowest BCUT2D eigenvalue weighted by molar-refractivity contribution is -0.118. The fourth-order valence-corrected chi connectivity index (χ4v) is 1.52. The quantitative estimate of drug-likeness (QED) is 0.346. The Morgan fingerprint density at radius 3 is 2.30 bits per heavy atom. The molecule has 0 aliphatic rings. The lowest BCUT2D eigenvalue weighted by Crippen LogP contribution is -2.40. The van der Waals surface area contributed by atoms with Crippen molar-refractivity contribution < 1.29 is 4.79 Å². The first-order valence-electron chi connectivity index (χ1n) is 6.33. The van der Waals surface area contributed by atoms with E-state index in [9.17, 15) is 4.79 Å². The van der Waals surface area contributed by atoms with Crippen LogP contribution in [-0.4, -0.2) is 44.0 Å². The maximum atomic E-state index is 10.8. The molecule has 1 amide bonds. The molecule has 0 saturated carbocycles. The largest absolute Gasteiger partial charge is 0.355 e. The molecule has 0 heterocycles. The molecule has 20 heavy (non-hydrogen) atoms. The van der Waals surface area contributed by atoms with Crippen LogP contribution in [0.2, 0.25) is 0 Å². The van der Waals surface area contributed by atoms with Gasteiger partial charge in [0.1, 0.15) is 0 Å². The molecular formula is C14H23IN4O. The highest BCUT2D eigenvalue weighted by atomic mass is 127. The normalized spacial score (nSPS) is 10.4. The van der Waals surface area contributed by atoms with Gasteiger partial charge in [0.15, 0.2) is 5.96 Å². The smallest absolute Gasteiger partial charge is 0.216 e. The van der Waals surface area contributed by atoms with E-state index in [1.807, 2.05) is 49.3 Å². The predicted molar refractivity (Wildman–Crippen MR) is 93.4 cm³/mol. The molecule has 0 fully saturated rings. The Hall–Kier alpha value is -1.31. The number of aliphatic imine (C=N–C) groups is 1. The number of amides is 1. The Morgan fingerprint density at radius 1 is 1.15 bits per heavy atom. The zero-order valence-electron chi connectivity index (χ0n) is 12.2. The number of carbonyl (C=O) groups is 1. The number of benzene rings is 1. The first kappa shape index (κ1) is 18.7. The molecular weight excluding hydrogens is 367 g/mol. The molecule has 5 nitrogen and oxygen atoms in total. The summed E-state index contributed by atoms with van der Waals surface area (Å²) in [7, 11) is 3.88. The molecule has 6 heteroatoms. The molecule has 0 unspecified atom stereocenters. The van der Waals surface area contributed by atoms with Gasteiger partial charge >= 0.3 is 0 Å². The summed E-state index contributed by atoms with van der Waals surface area (Å²) < 4.78 is 0. The fourth-order valence-electron chi connectivity index (χ4n) is 1.52. The summed E-state index contributed by atoms with van der Waals surface area (Å²) in [4.78, 5) is 17.2.